The van der Waals surface area contributed by atoms with Crippen molar-refractivity contribution in [3.8, 4) is 0 Å². The van der Waals surface area contributed by atoms with E-state index < -0.39 is 10.0 Å². The molecule has 0 spiro atoms. The fourth-order valence-electron chi connectivity index (χ4n) is 1.74. The molecule has 2 aromatic rings. The molecule has 1 aromatic carbocycles. The molecule has 19 heavy (non-hydrogen) atoms. The normalized spacial score (nSPS) is 13.4. The average molecular weight is 280 g/mol. The summed E-state index contributed by atoms with van der Waals surface area (Å²) in [6.07, 6.45) is 3.30. The highest BCUT2D eigenvalue weighted by Gasteiger charge is 2.09. The first-order valence-corrected chi connectivity index (χ1v) is 7.38. The van der Waals surface area contributed by atoms with Crippen LogP contribution in [-0.2, 0) is 16.6 Å². The van der Waals surface area contributed by atoms with Crippen LogP contribution >= 0.6 is 0 Å². The molecule has 3 N–H and O–H groups in total. The number of nitrogens with two attached hydrogens (primary N) is 1. The smallest absolute Gasteiger partial charge is 0.238 e. The van der Waals surface area contributed by atoms with E-state index in [-0.39, 0.29) is 10.9 Å². The molecule has 0 aliphatic heterocycles. The van der Waals surface area contributed by atoms with Crippen LogP contribution in [0.2, 0.25) is 0 Å². The van der Waals surface area contributed by atoms with Crippen LogP contribution in [0.5, 0.6) is 0 Å². The van der Waals surface area contributed by atoms with Gasteiger partial charge in [0.2, 0.25) is 10.0 Å². The van der Waals surface area contributed by atoms with Gasteiger partial charge in [-0.25, -0.2) is 13.6 Å². The third kappa shape index (κ3) is 3.66. The molecule has 0 saturated carbocycles. The molecule has 0 saturated heterocycles. The van der Waals surface area contributed by atoms with Crippen LogP contribution in [0.25, 0.3) is 0 Å². The van der Waals surface area contributed by atoms with Crippen LogP contribution in [0, 0.1) is 0 Å². The van der Waals surface area contributed by atoms with Gasteiger partial charge in [0.1, 0.15) is 0 Å². The Kier molecular flexibility index (Phi) is 4.04. The molecule has 0 fully saturated rings. The first-order chi connectivity index (χ1) is 8.97. The van der Waals surface area contributed by atoms with Crippen LogP contribution in [-0.4, -0.2) is 8.42 Å². The van der Waals surface area contributed by atoms with E-state index in [2.05, 4.69) is 5.32 Å². The molecular weight excluding hydrogens is 264 g/mol. The number of sulfonamides is 1. The monoisotopic (exact) mass is 280 g/mol. The lowest BCUT2D eigenvalue weighted by Gasteiger charge is -2.12. The van der Waals surface area contributed by atoms with E-state index >= 15 is 0 Å². The summed E-state index contributed by atoms with van der Waals surface area (Å²) >= 11 is 0. The van der Waals surface area contributed by atoms with Crippen molar-refractivity contribution in [2.45, 2.75) is 24.4 Å². The van der Waals surface area contributed by atoms with Crippen LogP contribution in [0.15, 0.2) is 52.2 Å². The molecule has 1 heterocycles. The number of hydrogen-bond acceptors (Lipinski definition) is 4. The topological polar surface area (TPSA) is 85.3 Å². The lowest BCUT2D eigenvalue weighted by molar-refractivity contribution is 0.538. The number of furan rings is 1. The SMILES string of the molecule is CC(NCc1cccc(S(N)(=O)=O)c1)c1ccoc1. The highest BCUT2D eigenvalue weighted by Crippen LogP contribution is 2.14. The molecule has 1 aromatic heterocycles. The van der Waals surface area contributed by atoms with Gasteiger partial charge in [-0.15, -0.1) is 0 Å². The molecule has 6 heteroatoms. The minimum Gasteiger partial charge on any atom is -0.472 e. The summed E-state index contributed by atoms with van der Waals surface area (Å²) < 4.78 is 27.5. The molecule has 0 radical (unpaired) electrons. The minimum absolute atomic E-state index is 0.122. The van der Waals surface area contributed by atoms with E-state index in [0.717, 1.165) is 11.1 Å². The Morgan fingerprint density at radius 2 is 2.16 bits per heavy atom. The van der Waals surface area contributed by atoms with Crippen LogP contribution < -0.4 is 10.5 Å². The van der Waals surface area contributed by atoms with Gasteiger partial charge in [0.15, 0.2) is 0 Å². The number of hydrogen-bond donors (Lipinski definition) is 2. The van der Waals surface area contributed by atoms with E-state index in [9.17, 15) is 8.42 Å². The quantitative estimate of drug-likeness (QED) is 0.874. The molecule has 2 rings (SSSR count). The number of nitrogens with one attached hydrogen (secondary N) is 1. The van der Waals surface area contributed by atoms with Crippen LogP contribution in [0.3, 0.4) is 0 Å². The summed E-state index contributed by atoms with van der Waals surface area (Å²) in [6.45, 7) is 2.56. The Bertz CT molecular complexity index is 636. The molecule has 1 atom stereocenters. The minimum atomic E-state index is -3.65. The Morgan fingerprint density at radius 1 is 1.37 bits per heavy atom. The van der Waals surface area contributed by atoms with Crippen molar-refractivity contribution in [1.82, 2.24) is 5.32 Å². The zero-order chi connectivity index (χ0) is 13.9. The molecule has 0 bridgehead atoms. The third-order valence-electron chi connectivity index (χ3n) is 2.88. The number of rotatable bonds is 5. The van der Waals surface area contributed by atoms with Gasteiger partial charge in [0.05, 0.1) is 17.4 Å². The summed E-state index contributed by atoms with van der Waals surface area (Å²) in [5, 5.41) is 8.38. The van der Waals surface area contributed by atoms with Crippen LogP contribution in [0.4, 0.5) is 0 Å². The molecule has 5 nitrogen and oxygen atoms in total. The lowest BCUT2D eigenvalue weighted by atomic mass is 10.1. The average Bonchev–Trinajstić information content (AvgIpc) is 2.89. The lowest BCUT2D eigenvalue weighted by Crippen LogP contribution is -2.18. The highest BCUT2D eigenvalue weighted by molar-refractivity contribution is 7.89. The molecule has 102 valence electrons. The van der Waals surface area contributed by atoms with Gasteiger partial charge >= 0.3 is 0 Å². The Hall–Kier alpha value is -1.63. The largest absolute Gasteiger partial charge is 0.472 e. The first-order valence-electron chi connectivity index (χ1n) is 5.84. The van der Waals surface area contributed by atoms with E-state index in [1.54, 1.807) is 24.7 Å². The fourth-order valence-corrected chi connectivity index (χ4v) is 2.33. The standard InChI is InChI=1S/C13H16N2O3S/c1-10(12-5-6-18-9-12)15-8-11-3-2-4-13(7-11)19(14,16)17/h2-7,9-10,15H,8H2,1H3,(H2,14,16,17). The molecule has 0 amide bonds. The van der Waals surface area contributed by atoms with Gasteiger partial charge in [-0.05, 0) is 30.7 Å². The van der Waals surface area contributed by atoms with Crippen molar-refractivity contribution < 1.29 is 12.8 Å². The zero-order valence-electron chi connectivity index (χ0n) is 10.5. The van der Waals surface area contributed by atoms with E-state index in [4.69, 9.17) is 9.56 Å². The van der Waals surface area contributed by atoms with Gasteiger partial charge in [-0.2, -0.15) is 0 Å². The summed E-state index contributed by atoms with van der Waals surface area (Å²) in [4.78, 5) is 0.128. The Morgan fingerprint density at radius 3 is 2.79 bits per heavy atom. The third-order valence-corrected chi connectivity index (χ3v) is 3.79. The van der Waals surface area contributed by atoms with Gasteiger partial charge in [0, 0.05) is 18.2 Å². The first kappa shape index (κ1) is 13.8. The molecule has 0 aliphatic carbocycles. The molecule has 0 aliphatic rings. The van der Waals surface area contributed by atoms with Crippen molar-refractivity contribution in [3.63, 3.8) is 0 Å². The van der Waals surface area contributed by atoms with Crippen molar-refractivity contribution in [1.29, 1.82) is 0 Å². The van der Waals surface area contributed by atoms with E-state index in [1.807, 2.05) is 19.1 Å². The van der Waals surface area contributed by atoms with E-state index in [0.29, 0.717) is 6.54 Å². The molecule has 1 unspecified atom stereocenters. The van der Waals surface area contributed by atoms with Crippen molar-refractivity contribution in [3.05, 3.63) is 54.0 Å². The number of primary sulfonamides is 1. The summed E-state index contributed by atoms with van der Waals surface area (Å²) in [7, 11) is -3.65. The van der Waals surface area contributed by atoms with Crippen LogP contribution in [0.1, 0.15) is 24.1 Å². The highest BCUT2D eigenvalue weighted by atomic mass is 32.2. The van der Waals surface area contributed by atoms with Crippen molar-refractivity contribution >= 4 is 10.0 Å². The predicted octanol–water partition coefficient (Wildman–Crippen LogP) is 1.78. The van der Waals surface area contributed by atoms with Gasteiger partial charge in [-0.1, -0.05) is 12.1 Å². The predicted molar refractivity (Wildman–Crippen MR) is 71.8 cm³/mol. The van der Waals surface area contributed by atoms with Gasteiger partial charge in [0.25, 0.3) is 0 Å². The second kappa shape index (κ2) is 5.56. The zero-order valence-corrected chi connectivity index (χ0v) is 11.4. The Labute approximate surface area is 112 Å². The maximum atomic E-state index is 11.3. The summed E-state index contributed by atoms with van der Waals surface area (Å²) in [5.74, 6) is 0. The summed E-state index contributed by atoms with van der Waals surface area (Å²) in [6, 6.07) is 8.60. The maximum absolute atomic E-state index is 11.3. The van der Waals surface area contributed by atoms with Gasteiger partial charge in [-0.3, -0.25) is 0 Å². The summed E-state index contributed by atoms with van der Waals surface area (Å²) in [5.41, 5.74) is 1.91. The molecular formula is C13H16N2O3S. The Balaban J connectivity index is 2.04. The maximum Gasteiger partial charge on any atom is 0.238 e. The second-order valence-corrected chi connectivity index (χ2v) is 5.91. The van der Waals surface area contributed by atoms with Crippen molar-refractivity contribution in [2.75, 3.05) is 0 Å². The van der Waals surface area contributed by atoms with Gasteiger partial charge < -0.3 is 9.73 Å². The van der Waals surface area contributed by atoms with E-state index in [1.165, 1.54) is 6.07 Å². The number of benzene rings is 1. The van der Waals surface area contributed by atoms with Crippen molar-refractivity contribution in [2.24, 2.45) is 5.14 Å². The second-order valence-electron chi connectivity index (χ2n) is 4.35. The fraction of sp³-hybridized carbons (Fsp3) is 0.231.